The number of ether oxygens (including phenoxy) is 1. The number of nitrogens with zero attached hydrogens (tertiary/aromatic N) is 2. The highest BCUT2D eigenvalue weighted by Gasteiger charge is 2.47. The van der Waals surface area contributed by atoms with Crippen LogP contribution >= 0.6 is 0 Å². The summed E-state index contributed by atoms with van der Waals surface area (Å²) in [6, 6.07) is 3.25. The van der Waals surface area contributed by atoms with Crippen LogP contribution < -0.4 is 10.1 Å². The summed E-state index contributed by atoms with van der Waals surface area (Å²) in [6.07, 6.45) is -2.75. The number of likely N-dealkylation sites (tertiary alicyclic amines) is 1. The monoisotopic (exact) mass is 287 g/mol. The first-order valence-corrected chi connectivity index (χ1v) is 6.52. The second-order valence-electron chi connectivity index (χ2n) is 5.66. The molecule has 0 aliphatic carbocycles. The minimum absolute atomic E-state index is 0.00866. The van der Waals surface area contributed by atoms with E-state index in [1.54, 1.807) is 12.3 Å². The molecule has 1 N–H and O–H groups in total. The van der Waals surface area contributed by atoms with E-state index in [1.165, 1.54) is 6.07 Å². The molecule has 0 unspecified atom stereocenters. The first-order chi connectivity index (χ1) is 9.44. The minimum Gasteiger partial charge on any atom is -0.468 e. The summed E-state index contributed by atoms with van der Waals surface area (Å²) < 4.78 is 40.6. The van der Waals surface area contributed by atoms with Gasteiger partial charge in [0.05, 0.1) is 0 Å². The maximum Gasteiger partial charge on any atom is 0.422 e. The van der Waals surface area contributed by atoms with E-state index in [9.17, 15) is 13.2 Å². The third kappa shape index (κ3) is 3.04. The molecule has 0 radical (unpaired) electrons. The number of hydrogen-bond donors (Lipinski definition) is 1. The molecule has 1 aromatic rings. The molecule has 0 aromatic carbocycles. The Balaban J connectivity index is 1.47. The van der Waals surface area contributed by atoms with Gasteiger partial charge in [-0.15, -0.1) is 0 Å². The lowest BCUT2D eigenvalue weighted by Gasteiger charge is -2.56. The van der Waals surface area contributed by atoms with E-state index in [4.69, 9.17) is 0 Å². The van der Waals surface area contributed by atoms with Gasteiger partial charge in [0, 0.05) is 50.4 Å². The zero-order valence-corrected chi connectivity index (χ0v) is 10.9. The fourth-order valence-electron chi connectivity index (χ4n) is 2.72. The van der Waals surface area contributed by atoms with Crippen LogP contribution in [0.1, 0.15) is 5.56 Å². The van der Waals surface area contributed by atoms with E-state index >= 15 is 0 Å². The molecule has 3 heterocycles. The Morgan fingerprint density at radius 1 is 1.30 bits per heavy atom. The second kappa shape index (κ2) is 4.89. The van der Waals surface area contributed by atoms with Gasteiger partial charge in [-0.2, -0.15) is 13.2 Å². The molecule has 0 atom stereocenters. The highest BCUT2D eigenvalue weighted by molar-refractivity contribution is 5.19. The molecule has 4 nitrogen and oxygen atoms in total. The van der Waals surface area contributed by atoms with Crippen LogP contribution in [-0.2, 0) is 6.54 Å². The van der Waals surface area contributed by atoms with Crippen molar-refractivity contribution in [2.45, 2.75) is 12.7 Å². The molecule has 1 spiro atoms. The van der Waals surface area contributed by atoms with Crippen LogP contribution in [0.5, 0.6) is 5.88 Å². The van der Waals surface area contributed by atoms with Gasteiger partial charge in [-0.3, -0.25) is 4.90 Å². The number of hydrogen-bond acceptors (Lipinski definition) is 4. The van der Waals surface area contributed by atoms with Gasteiger partial charge in [0.1, 0.15) is 0 Å². The number of aromatic nitrogens is 1. The highest BCUT2D eigenvalue weighted by atomic mass is 19.4. The van der Waals surface area contributed by atoms with Gasteiger partial charge in [-0.25, -0.2) is 4.98 Å². The zero-order chi connectivity index (χ0) is 14.2. The number of nitrogens with one attached hydrogen (secondary N) is 1. The molecule has 7 heteroatoms. The predicted molar refractivity (Wildman–Crippen MR) is 66.4 cm³/mol. The first-order valence-electron chi connectivity index (χ1n) is 6.52. The molecule has 0 amide bonds. The Morgan fingerprint density at radius 2 is 2.05 bits per heavy atom. The van der Waals surface area contributed by atoms with Gasteiger partial charge < -0.3 is 10.1 Å². The summed E-state index contributed by atoms with van der Waals surface area (Å²) >= 11 is 0. The van der Waals surface area contributed by atoms with Gasteiger partial charge in [0.15, 0.2) is 6.61 Å². The SMILES string of the molecule is FC(F)(F)COc1ccc(CN2CC3(CNC3)C2)cn1. The van der Waals surface area contributed by atoms with Crippen molar-refractivity contribution < 1.29 is 17.9 Å². The van der Waals surface area contributed by atoms with Crippen LogP contribution in [0, 0.1) is 5.41 Å². The summed E-state index contributed by atoms with van der Waals surface area (Å²) in [5.74, 6) is 0.00866. The van der Waals surface area contributed by atoms with Crippen molar-refractivity contribution in [1.82, 2.24) is 15.2 Å². The highest BCUT2D eigenvalue weighted by Crippen LogP contribution is 2.34. The smallest absolute Gasteiger partial charge is 0.422 e. The average Bonchev–Trinajstić information content (AvgIpc) is 2.29. The Kier molecular flexibility index (Phi) is 3.33. The van der Waals surface area contributed by atoms with Gasteiger partial charge in [0.25, 0.3) is 0 Å². The van der Waals surface area contributed by atoms with Crippen molar-refractivity contribution in [2.75, 3.05) is 32.8 Å². The first kappa shape index (κ1) is 13.6. The zero-order valence-electron chi connectivity index (χ0n) is 10.9. The van der Waals surface area contributed by atoms with E-state index < -0.39 is 12.8 Å². The summed E-state index contributed by atoms with van der Waals surface area (Å²) in [5.41, 5.74) is 1.47. The van der Waals surface area contributed by atoms with Gasteiger partial charge >= 0.3 is 6.18 Å². The number of pyridine rings is 1. The normalized spacial score (nSPS) is 21.4. The van der Waals surface area contributed by atoms with Crippen LogP contribution in [0.25, 0.3) is 0 Å². The minimum atomic E-state index is -4.33. The van der Waals surface area contributed by atoms with Gasteiger partial charge in [0.2, 0.25) is 5.88 Å². The maximum absolute atomic E-state index is 12.0. The van der Waals surface area contributed by atoms with Gasteiger partial charge in [-0.1, -0.05) is 6.07 Å². The fourth-order valence-corrected chi connectivity index (χ4v) is 2.72. The summed E-state index contributed by atoms with van der Waals surface area (Å²) in [5, 5.41) is 3.27. The van der Waals surface area contributed by atoms with Crippen LogP contribution in [-0.4, -0.2) is 48.8 Å². The fraction of sp³-hybridized carbons (Fsp3) is 0.615. The van der Waals surface area contributed by atoms with Crippen LogP contribution in [0.3, 0.4) is 0 Å². The van der Waals surface area contributed by atoms with Crippen molar-refractivity contribution >= 4 is 0 Å². The lowest BCUT2D eigenvalue weighted by Crippen LogP contribution is -2.70. The van der Waals surface area contributed by atoms with Crippen molar-refractivity contribution in [3.05, 3.63) is 23.9 Å². The molecular weight excluding hydrogens is 271 g/mol. The molecule has 0 saturated carbocycles. The molecule has 0 bridgehead atoms. The van der Waals surface area contributed by atoms with Crippen molar-refractivity contribution in [3.8, 4) is 5.88 Å². The summed E-state index contributed by atoms with van der Waals surface area (Å²) in [6.45, 7) is 3.81. The molecule has 3 rings (SSSR count). The van der Waals surface area contributed by atoms with Crippen molar-refractivity contribution in [1.29, 1.82) is 0 Å². The quantitative estimate of drug-likeness (QED) is 0.909. The number of halogens is 3. The Bertz CT molecular complexity index is 463. The lowest BCUT2D eigenvalue weighted by molar-refractivity contribution is -0.154. The van der Waals surface area contributed by atoms with E-state index in [0.717, 1.165) is 38.3 Å². The predicted octanol–water partition coefficient (Wildman–Crippen LogP) is 1.43. The largest absolute Gasteiger partial charge is 0.468 e. The number of alkyl halides is 3. The van der Waals surface area contributed by atoms with E-state index in [2.05, 4.69) is 19.9 Å². The Morgan fingerprint density at radius 3 is 2.55 bits per heavy atom. The summed E-state index contributed by atoms with van der Waals surface area (Å²) in [4.78, 5) is 6.22. The molecule has 2 fully saturated rings. The van der Waals surface area contributed by atoms with Crippen molar-refractivity contribution in [2.24, 2.45) is 5.41 Å². The van der Waals surface area contributed by atoms with Crippen LogP contribution in [0.15, 0.2) is 18.3 Å². The molecule has 2 saturated heterocycles. The number of rotatable bonds is 4. The van der Waals surface area contributed by atoms with Crippen LogP contribution in [0.2, 0.25) is 0 Å². The average molecular weight is 287 g/mol. The standard InChI is InChI=1S/C13H16F3N3O/c14-13(15,16)9-20-11-2-1-10(3-18-11)4-19-7-12(8-19)5-17-6-12/h1-3,17H,4-9H2. The Hall–Kier alpha value is -1.34. The molecule has 1 aromatic heterocycles. The molecule has 2 aliphatic heterocycles. The Labute approximate surface area is 114 Å². The third-order valence-corrected chi connectivity index (χ3v) is 3.71. The topological polar surface area (TPSA) is 37.4 Å². The molecule has 20 heavy (non-hydrogen) atoms. The van der Waals surface area contributed by atoms with E-state index in [-0.39, 0.29) is 5.88 Å². The van der Waals surface area contributed by atoms with Crippen molar-refractivity contribution in [3.63, 3.8) is 0 Å². The lowest BCUT2D eigenvalue weighted by atomic mass is 9.74. The molecular formula is C13H16F3N3O. The van der Waals surface area contributed by atoms with E-state index in [1.807, 2.05) is 0 Å². The molecule has 2 aliphatic rings. The third-order valence-electron chi connectivity index (χ3n) is 3.71. The maximum atomic E-state index is 12.0. The molecule has 110 valence electrons. The second-order valence-corrected chi connectivity index (χ2v) is 5.66. The van der Waals surface area contributed by atoms with E-state index in [0.29, 0.717) is 5.41 Å². The summed E-state index contributed by atoms with van der Waals surface area (Å²) in [7, 11) is 0. The van der Waals surface area contributed by atoms with Crippen LogP contribution in [0.4, 0.5) is 13.2 Å². The van der Waals surface area contributed by atoms with Gasteiger partial charge in [-0.05, 0) is 5.56 Å².